The molecule has 4 rings (SSSR count). The van der Waals surface area contributed by atoms with Crippen molar-refractivity contribution in [1.82, 2.24) is 19.8 Å². The van der Waals surface area contributed by atoms with Crippen LogP contribution in [0.4, 0.5) is 0 Å². The van der Waals surface area contributed by atoms with E-state index in [0.29, 0.717) is 12.6 Å². The summed E-state index contributed by atoms with van der Waals surface area (Å²) in [6.07, 6.45) is 13.7. The number of rotatable bonds is 3. The first-order chi connectivity index (χ1) is 12.7. The zero-order valence-corrected chi connectivity index (χ0v) is 16.1. The molecule has 26 heavy (non-hydrogen) atoms. The number of piperidine rings is 1. The molecule has 1 saturated carbocycles. The summed E-state index contributed by atoms with van der Waals surface area (Å²) in [7, 11) is 0. The second-order valence-electron chi connectivity index (χ2n) is 8.40. The molecule has 1 amide bonds. The number of amides is 1. The highest BCUT2D eigenvalue weighted by Crippen LogP contribution is 2.33. The quantitative estimate of drug-likeness (QED) is 0.832. The van der Waals surface area contributed by atoms with Gasteiger partial charge in [-0.1, -0.05) is 25.7 Å². The summed E-state index contributed by atoms with van der Waals surface area (Å²) >= 11 is 0. The van der Waals surface area contributed by atoms with E-state index in [1.807, 2.05) is 11.1 Å². The first-order valence-electron chi connectivity index (χ1n) is 10.5. The Morgan fingerprint density at radius 3 is 2.73 bits per heavy atom. The number of aromatic nitrogens is 2. The molecular formula is C21H32N4O. The second-order valence-corrected chi connectivity index (χ2v) is 8.40. The molecule has 0 spiro atoms. The third-order valence-corrected chi connectivity index (χ3v) is 6.53. The van der Waals surface area contributed by atoms with Crippen molar-refractivity contribution in [1.29, 1.82) is 0 Å². The van der Waals surface area contributed by atoms with Crippen LogP contribution in [0.1, 0.15) is 81.4 Å². The van der Waals surface area contributed by atoms with Crippen LogP contribution in [-0.4, -0.2) is 45.3 Å². The highest BCUT2D eigenvalue weighted by molar-refractivity contribution is 5.73. The molecule has 1 atom stereocenters. The predicted molar refractivity (Wildman–Crippen MR) is 102 cm³/mol. The lowest BCUT2D eigenvalue weighted by Gasteiger charge is -2.38. The molecule has 0 N–H and O–H groups in total. The monoisotopic (exact) mass is 356 g/mol. The van der Waals surface area contributed by atoms with Crippen LogP contribution in [0.5, 0.6) is 0 Å². The fourth-order valence-corrected chi connectivity index (χ4v) is 4.96. The highest BCUT2D eigenvalue weighted by atomic mass is 16.2. The minimum Gasteiger partial charge on any atom is -0.338 e. The molecule has 1 aromatic rings. The SMILES string of the molecule is CC(=O)N1CCc2nc([C@H]3CCCCN3CC3CCCCC3)ncc2C1. The lowest BCUT2D eigenvalue weighted by molar-refractivity contribution is -0.129. The van der Waals surface area contributed by atoms with Gasteiger partial charge in [0.2, 0.25) is 5.91 Å². The van der Waals surface area contributed by atoms with Crippen LogP contribution in [0.25, 0.3) is 0 Å². The summed E-state index contributed by atoms with van der Waals surface area (Å²) < 4.78 is 0. The van der Waals surface area contributed by atoms with E-state index < -0.39 is 0 Å². The van der Waals surface area contributed by atoms with E-state index in [0.717, 1.165) is 36.0 Å². The first-order valence-corrected chi connectivity index (χ1v) is 10.5. The van der Waals surface area contributed by atoms with Gasteiger partial charge in [0.25, 0.3) is 0 Å². The van der Waals surface area contributed by atoms with Crippen molar-refractivity contribution in [2.45, 2.75) is 77.3 Å². The molecule has 5 nitrogen and oxygen atoms in total. The fraction of sp³-hybridized carbons (Fsp3) is 0.762. The summed E-state index contributed by atoms with van der Waals surface area (Å²) in [6, 6.07) is 0.391. The van der Waals surface area contributed by atoms with Gasteiger partial charge in [-0.15, -0.1) is 0 Å². The number of hydrogen-bond acceptors (Lipinski definition) is 4. The number of hydrogen-bond donors (Lipinski definition) is 0. The van der Waals surface area contributed by atoms with Gasteiger partial charge in [0, 0.05) is 44.7 Å². The van der Waals surface area contributed by atoms with Crippen molar-refractivity contribution in [2.75, 3.05) is 19.6 Å². The number of carbonyl (C=O) groups is 1. The molecule has 5 heteroatoms. The standard InChI is InChI=1S/C21H32N4O/c1-16(26)24-12-10-19-18(15-24)13-22-21(23-19)20-9-5-6-11-25(20)14-17-7-3-2-4-8-17/h13,17,20H,2-12,14-15H2,1H3/t20-/m1/s1. The molecule has 0 bridgehead atoms. The molecule has 1 aliphatic carbocycles. The average Bonchev–Trinajstić information content (AvgIpc) is 2.68. The summed E-state index contributed by atoms with van der Waals surface area (Å²) in [5.41, 5.74) is 2.29. The predicted octanol–water partition coefficient (Wildman–Crippen LogP) is 3.49. The Morgan fingerprint density at radius 2 is 1.92 bits per heavy atom. The molecule has 0 radical (unpaired) electrons. The van der Waals surface area contributed by atoms with Crippen LogP contribution in [0.2, 0.25) is 0 Å². The largest absolute Gasteiger partial charge is 0.338 e. The van der Waals surface area contributed by atoms with Gasteiger partial charge in [-0.25, -0.2) is 9.97 Å². The van der Waals surface area contributed by atoms with E-state index in [-0.39, 0.29) is 5.91 Å². The molecule has 2 fully saturated rings. The number of fused-ring (bicyclic) bond motifs is 1. The van der Waals surface area contributed by atoms with Crippen molar-refractivity contribution in [3.8, 4) is 0 Å². The Labute approximate surface area is 157 Å². The van der Waals surface area contributed by atoms with Gasteiger partial charge in [-0.3, -0.25) is 9.69 Å². The Bertz CT molecular complexity index is 641. The van der Waals surface area contributed by atoms with Gasteiger partial charge in [-0.05, 0) is 38.1 Å². The van der Waals surface area contributed by atoms with Crippen LogP contribution >= 0.6 is 0 Å². The Balaban J connectivity index is 1.48. The van der Waals surface area contributed by atoms with Gasteiger partial charge in [0.1, 0.15) is 5.82 Å². The Hall–Kier alpha value is -1.49. The van der Waals surface area contributed by atoms with Crippen molar-refractivity contribution in [3.05, 3.63) is 23.3 Å². The summed E-state index contributed by atoms with van der Waals surface area (Å²) in [6.45, 7) is 5.52. The smallest absolute Gasteiger partial charge is 0.219 e. The Kier molecular flexibility index (Phi) is 5.53. The van der Waals surface area contributed by atoms with Crippen molar-refractivity contribution in [2.24, 2.45) is 5.92 Å². The lowest BCUT2D eigenvalue weighted by Crippen LogP contribution is -2.39. The normalized spacial score (nSPS) is 25.1. The second kappa shape index (κ2) is 8.03. The van der Waals surface area contributed by atoms with E-state index in [9.17, 15) is 4.79 Å². The first kappa shape index (κ1) is 17.9. The third-order valence-electron chi connectivity index (χ3n) is 6.53. The van der Waals surface area contributed by atoms with Crippen LogP contribution in [0.15, 0.2) is 6.20 Å². The zero-order valence-electron chi connectivity index (χ0n) is 16.1. The molecule has 2 aliphatic heterocycles. The zero-order chi connectivity index (χ0) is 17.9. The molecule has 3 heterocycles. The van der Waals surface area contributed by atoms with E-state index >= 15 is 0 Å². The molecule has 0 unspecified atom stereocenters. The summed E-state index contributed by atoms with van der Waals surface area (Å²) in [4.78, 5) is 25.9. The van der Waals surface area contributed by atoms with Crippen molar-refractivity contribution in [3.63, 3.8) is 0 Å². The van der Waals surface area contributed by atoms with Crippen LogP contribution < -0.4 is 0 Å². The highest BCUT2D eigenvalue weighted by Gasteiger charge is 2.30. The van der Waals surface area contributed by atoms with Crippen LogP contribution in [0, 0.1) is 5.92 Å². The van der Waals surface area contributed by atoms with E-state index in [2.05, 4.69) is 4.90 Å². The molecular weight excluding hydrogens is 324 g/mol. The molecule has 3 aliphatic rings. The average molecular weight is 357 g/mol. The summed E-state index contributed by atoms with van der Waals surface area (Å²) in [5.74, 6) is 2.03. The van der Waals surface area contributed by atoms with Crippen LogP contribution in [0.3, 0.4) is 0 Å². The number of carbonyl (C=O) groups excluding carboxylic acids is 1. The molecule has 0 aromatic carbocycles. The molecule has 1 aromatic heterocycles. The third kappa shape index (κ3) is 3.93. The van der Waals surface area contributed by atoms with Gasteiger partial charge < -0.3 is 4.90 Å². The van der Waals surface area contributed by atoms with Gasteiger partial charge in [0.15, 0.2) is 0 Å². The number of likely N-dealkylation sites (tertiary alicyclic amines) is 1. The van der Waals surface area contributed by atoms with E-state index in [1.165, 1.54) is 64.5 Å². The minimum atomic E-state index is 0.144. The topological polar surface area (TPSA) is 49.3 Å². The molecule has 142 valence electrons. The van der Waals surface area contributed by atoms with E-state index in [1.54, 1.807) is 6.92 Å². The summed E-state index contributed by atoms with van der Waals surface area (Å²) in [5, 5.41) is 0. The maximum atomic E-state index is 11.6. The maximum Gasteiger partial charge on any atom is 0.219 e. The van der Waals surface area contributed by atoms with Gasteiger partial charge in [0.05, 0.1) is 11.7 Å². The van der Waals surface area contributed by atoms with Crippen LogP contribution in [-0.2, 0) is 17.8 Å². The lowest BCUT2D eigenvalue weighted by atomic mass is 9.87. The Morgan fingerprint density at radius 1 is 1.12 bits per heavy atom. The van der Waals surface area contributed by atoms with Crippen molar-refractivity contribution >= 4 is 5.91 Å². The van der Waals surface area contributed by atoms with Crippen molar-refractivity contribution < 1.29 is 4.79 Å². The van der Waals surface area contributed by atoms with Gasteiger partial charge in [-0.2, -0.15) is 0 Å². The minimum absolute atomic E-state index is 0.144. The fourth-order valence-electron chi connectivity index (χ4n) is 4.96. The van der Waals surface area contributed by atoms with E-state index in [4.69, 9.17) is 9.97 Å². The number of nitrogens with zero attached hydrogens (tertiary/aromatic N) is 4. The molecule has 1 saturated heterocycles. The maximum absolute atomic E-state index is 11.6. The van der Waals surface area contributed by atoms with Gasteiger partial charge >= 0.3 is 0 Å².